The van der Waals surface area contributed by atoms with Crippen molar-refractivity contribution in [2.24, 2.45) is 0 Å². The van der Waals surface area contributed by atoms with E-state index in [-0.39, 0.29) is 17.3 Å². The van der Waals surface area contributed by atoms with Crippen molar-refractivity contribution < 1.29 is 9.18 Å². The first-order valence-electron chi connectivity index (χ1n) is 11.1. The van der Waals surface area contributed by atoms with Gasteiger partial charge in [0.25, 0.3) is 11.5 Å². The van der Waals surface area contributed by atoms with Gasteiger partial charge in [0.2, 0.25) is 0 Å². The van der Waals surface area contributed by atoms with Crippen LogP contribution in [0.5, 0.6) is 0 Å². The van der Waals surface area contributed by atoms with Crippen LogP contribution in [0.3, 0.4) is 0 Å². The molecule has 5 aromatic rings. The van der Waals surface area contributed by atoms with E-state index in [2.05, 4.69) is 4.98 Å². The second-order valence-electron chi connectivity index (χ2n) is 8.49. The zero-order valence-electron chi connectivity index (χ0n) is 18.2. The van der Waals surface area contributed by atoms with Crippen molar-refractivity contribution in [1.29, 1.82) is 0 Å². The molecule has 0 saturated carbocycles. The lowest BCUT2D eigenvalue weighted by Crippen LogP contribution is -2.35. The maximum Gasteiger partial charge on any atom is 0.262 e. The van der Waals surface area contributed by atoms with Gasteiger partial charge in [-0.05, 0) is 46.5 Å². The van der Waals surface area contributed by atoms with Gasteiger partial charge in [0.15, 0.2) is 0 Å². The van der Waals surface area contributed by atoms with Crippen LogP contribution in [0.4, 0.5) is 4.39 Å². The normalized spacial score (nSPS) is 13.4. The minimum Gasteiger partial charge on any atom is -0.333 e. The highest BCUT2D eigenvalue weighted by Crippen LogP contribution is 2.33. The number of rotatable bonds is 3. The van der Waals surface area contributed by atoms with E-state index in [9.17, 15) is 14.0 Å². The van der Waals surface area contributed by atoms with E-state index >= 15 is 0 Å². The van der Waals surface area contributed by atoms with Gasteiger partial charge in [-0.15, -0.1) is 11.3 Å². The van der Waals surface area contributed by atoms with E-state index in [0.29, 0.717) is 41.8 Å². The van der Waals surface area contributed by atoms with Crippen LogP contribution in [-0.4, -0.2) is 26.9 Å². The van der Waals surface area contributed by atoms with Crippen LogP contribution in [0.15, 0.2) is 77.9 Å². The highest BCUT2D eigenvalue weighted by Gasteiger charge is 2.27. The zero-order chi connectivity index (χ0) is 23.2. The first-order valence-corrected chi connectivity index (χ1v) is 11.9. The third kappa shape index (κ3) is 3.49. The lowest BCUT2D eigenvalue weighted by molar-refractivity contribution is 0.0739. The Hall–Kier alpha value is -3.84. The summed E-state index contributed by atoms with van der Waals surface area (Å²) in [5.41, 5.74) is 2.43. The van der Waals surface area contributed by atoms with E-state index in [1.54, 1.807) is 23.0 Å². The smallest absolute Gasteiger partial charge is 0.262 e. The Bertz CT molecular complexity index is 1620. The molecule has 0 saturated heterocycles. The fraction of sp³-hybridized carbons (Fsp3) is 0.148. The summed E-state index contributed by atoms with van der Waals surface area (Å²) >= 11 is 1.48. The minimum absolute atomic E-state index is 0.00147. The first-order chi connectivity index (χ1) is 16.6. The largest absolute Gasteiger partial charge is 0.333 e. The Morgan fingerprint density at radius 3 is 2.68 bits per heavy atom. The van der Waals surface area contributed by atoms with Crippen LogP contribution < -0.4 is 5.56 Å². The second kappa shape index (κ2) is 8.18. The van der Waals surface area contributed by atoms with Crippen molar-refractivity contribution in [3.63, 3.8) is 0 Å². The zero-order valence-corrected chi connectivity index (χ0v) is 19.0. The molecular formula is C27H20FN3O2S. The summed E-state index contributed by atoms with van der Waals surface area (Å²) in [5, 5.41) is 2.63. The molecule has 2 aromatic heterocycles. The van der Waals surface area contributed by atoms with Gasteiger partial charge in [0.05, 0.1) is 24.8 Å². The van der Waals surface area contributed by atoms with Crippen LogP contribution >= 0.6 is 11.3 Å². The van der Waals surface area contributed by atoms with E-state index in [1.807, 2.05) is 47.4 Å². The van der Waals surface area contributed by atoms with Crippen LogP contribution in [0, 0.1) is 5.82 Å². The fourth-order valence-corrected chi connectivity index (χ4v) is 5.87. The molecule has 168 valence electrons. The van der Waals surface area contributed by atoms with Crippen molar-refractivity contribution in [2.45, 2.75) is 19.5 Å². The van der Waals surface area contributed by atoms with Gasteiger partial charge in [0.1, 0.15) is 10.6 Å². The third-order valence-electron chi connectivity index (χ3n) is 6.40. The van der Waals surface area contributed by atoms with Crippen LogP contribution in [0.1, 0.15) is 26.4 Å². The fourth-order valence-electron chi connectivity index (χ4n) is 4.67. The number of benzene rings is 3. The monoisotopic (exact) mass is 469 g/mol. The average Bonchev–Trinajstić information content (AvgIpc) is 3.25. The molecule has 0 fully saturated rings. The first kappa shape index (κ1) is 20.7. The van der Waals surface area contributed by atoms with Gasteiger partial charge in [0, 0.05) is 17.0 Å². The third-order valence-corrected chi connectivity index (χ3v) is 7.53. The molecule has 34 heavy (non-hydrogen) atoms. The number of thiophene rings is 1. The molecule has 6 rings (SSSR count). The van der Waals surface area contributed by atoms with Gasteiger partial charge < -0.3 is 4.90 Å². The maximum absolute atomic E-state index is 13.4. The summed E-state index contributed by atoms with van der Waals surface area (Å²) in [7, 11) is 0. The predicted molar refractivity (Wildman–Crippen MR) is 132 cm³/mol. The maximum atomic E-state index is 13.4. The molecule has 5 nitrogen and oxygen atoms in total. The highest BCUT2D eigenvalue weighted by molar-refractivity contribution is 7.18. The molecule has 0 bridgehead atoms. The Labute approximate surface area is 198 Å². The van der Waals surface area contributed by atoms with E-state index in [4.69, 9.17) is 0 Å². The number of fused-ring (bicyclic) bond motifs is 4. The lowest BCUT2D eigenvalue weighted by Gasteiger charge is -2.27. The van der Waals surface area contributed by atoms with Gasteiger partial charge in [-0.1, -0.05) is 48.5 Å². The van der Waals surface area contributed by atoms with Crippen LogP contribution in [0.25, 0.3) is 21.0 Å². The highest BCUT2D eigenvalue weighted by atomic mass is 32.1. The number of hydrogen-bond donors (Lipinski definition) is 0. The van der Waals surface area contributed by atoms with Crippen molar-refractivity contribution >= 4 is 38.2 Å². The average molecular weight is 470 g/mol. The van der Waals surface area contributed by atoms with E-state index in [1.165, 1.54) is 23.5 Å². The molecule has 0 radical (unpaired) electrons. The van der Waals surface area contributed by atoms with Crippen molar-refractivity contribution in [3.05, 3.63) is 111 Å². The number of amides is 1. The number of carbonyl (C=O) groups is 1. The van der Waals surface area contributed by atoms with Gasteiger partial charge in [-0.25, -0.2) is 9.37 Å². The number of aromatic nitrogens is 2. The van der Waals surface area contributed by atoms with Gasteiger partial charge in [-0.3, -0.25) is 14.2 Å². The predicted octanol–water partition coefficient (Wildman–Crippen LogP) is 5.00. The quantitative estimate of drug-likeness (QED) is 0.374. The van der Waals surface area contributed by atoms with Gasteiger partial charge in [-0.2, -0.15) is 0 Å². The molecule has 1 aliphatic rings. The van der Waals surface area contributed by atoms with Crippen LogP contribution in [0.2, 0.25) is 0 Å². The van der Waals surface area contributed by atoms with E-state index < -0.39 is 0 Å². The van der Waals surface area contributed by atoms with Crippen molar-refractivity contribution in [1.82, 2.24) is 14.5 Å². The minimum atomic E-state index is -0.306. The topological polar surface area (TPSA) is 55.2 Å². The Kier molecular flexibility index (Phi) is 4.99. The van der Waals surface area contributed by atoms with E-state index in [0.717, 1.165) is 26.8 Å². The molecule has 0 atom stereocenters. The standard InChI is InChI=1S/C27H20FN3O2S/c28-19-10-8-17(9-11-19)14-31-16-29-25-24(27(31)33)22-12-13-30(15-23(22)34-25)26(32)21-7-3-5-18-4-1-2-6-20(18)21/h1-11,16H,12-15H2. The summed E-state index contributed by atoms with van der Waals surface area (Å²) < 4.78 is 14.8. The summed E-state index contributed by atoms with van der Waals surface area (Å²) in [6.45, 7) is 1.35. The number of carbonyl (C=O) groups excluding carboxylic acids is 1. The van der Waals surface area contributed by atoms with Gasteiger partial charge >= 0.3 is 0 Å². The summed E-state index contributed by atoms with van der Waals surface area (Å²) in [6.07, 6.45) is 2.17. The Morgan fingerprint density at radius 2 is 1.82 bits per heavy atom. The molecule has 1 aliphatic heterocycles. The SMILES string of the molecule is O=C(c1cccc2ccccc12)N1CCc2c(sc3ncn(Cc4ccc(F)cc4)c(=O)c23)C1. The van der Waals surface area contributed by atoms with Crippen LogP contribution in [-0.2, 0) is 19.5 Å². The molecule has 0 aliphatic carbocycles. The second-order valence-corrected chi connectivity index (χ2v) is 9.58. The van der Waals surface area contributed by atoms with Crippen molar-refractivity contribution in [2.75, 3.05) is 6.54 Å². The summed E-state index contributed by atoms with van der Waals surface area (Å²) in [6, 6.07) is 19.8. The molecule has 1 amide bonds. The van der Waals surface area contributed by atoms with Crippen molar-refractivity contribution in [3.8, 4) is 0 Å². The molecular weight excluding hydrogens is 449 g/mol. The summed E-state index contributed by atoms with van der Waals surface area (Å²) in [4.78, 5) is 34.8. The molecule has 7 heteroatoms. The number of halogens is 1. The lowest BCUT2D eigenvalue weighted by atomic mass is 10.0. The summed E-state index contributed by atoms with van der Waals surface area (Å²) in [5.74, 6) is -0.305. The number of hydrogen-bond acceptors (Lipinski definition) is 4. The Balaban J connectivity index is 1.32. The Morgan fingerprint density at radius 1 is 1.03 bits per heavy atom. The molecule has 3 heterocycles. The molecule has 0 N–H and O–H groups in total. The molecule has 0 spiro atoms. The number of nitrogens with zero attached hydrogens (tertiary/aromatic N) is 3. The molecule has 3 aromatic carbocycles. The molecule has 0 unspecified atom stereocenters.